The van der Waals surface area contributed by atoms with Gasteiger partial charge in [0.15, 0.2) is 0 Å². The van der Waals surface area contributed by atoms with Gasteiger partial charge in [-0.3, -0.25) is 4.68 Å². The molecule has 4 aliphatic rings. The molecular formula is C28H43N3O. The molecule has 4 fully saturated rings. The molecule has 9 atom stereocenters. The van der Waals surface area contributed by atoms with Gasteiger partial charge in [-0.2, -0.15) is 10.4 Å². The van der Waals surface area contributed by atoms with Crippen molar-refractivity contribution in [1.82, 2.24) is 9.78 Å². The van der Waals surface area contributed by atoms with E-state index in [4.69, 9.17) is 5.26 Å². The molecule has 5 rings (SSSR count). The van der Waals surface area contributed by atoms with Gasteiger partial charge in [0.2, 0.25) is 0 Å². The van der Waals surface area contributed by atoms with Gasteiger partial charge in [0.1, 0.15) is 6.07 Å². The van der Waals surface area contributed by atoms with Crippen LogP contribution in [0, 0.1) is 58.2 Å². The second-order valence-electron chi connectivity index (χ2n) is 12.4. The molecule has 4 heteroatoms. The Hall–Kier alpha value is -1.34. The number of nitriles is 1. The Morgan fingerprint density at radius 2 is 1.97 bits per heavy atom. The van der Waals surface area contributed by atoms with Gasteiger partial charge < -0.3 is 5.11 Å². The molecule has 0 radical (unpaired) electrons. The summed E-state index contributed by atoms with van der Waals surface area (Å²) in [5, 5.41) is 24.7. The fourth-order valence-electron chi connectivity index (χ4n) is 9.57. The van der Waals surface area contributed by atoms with Gasteiger partial charge in [-0.05, 0) is 111 Å². The fourth-order valence-corrected chi connectivity index (χ4v) is 9.57. The SMILES string of the molecule is CCC[C@@]1(O)CC[C@H]2[C@@H](CC[C@@H]3[C@@H]2CC[C@]2(C)C(C(C)Cn4cc(C#N)cn4)CC[C@@H]32)C1. The number of aromatic nitrogens is 2. The fraction of sp³-hybridized carbons (Fsp3) is 0.857. The maximum absolute atomic E-state index is 11.1. The molecule has 1 heterocycles. The summed E-state index contributed by atoms with van der Waals surface area (Å²) < 4.78 is 2.00. The first-order valence-electron chi connectivity index (χ1n) is 13.5. The zero-order valence-corrected chi connectivity index (χ0v) is 20.5. The molecule has 0 bridgehead atoms. The van der Waals surface area contributed by atoms with Crippen LogP contribution >= 0.6 is 0 Å². The summed E-state index contributed by atoms with van der Waals surface area (Å²) in [6.45, 7) is 8.20. The second kappa shape index (κ2) is 8.46. The summed E-state index contributed by atoms with van der Waals surface area (Å²) in [7, 11) is 0. The molecule has 4 nitrogen and oxygen atoms in total. The van der Waals surface area contributed by atoms with E-state index in [0.717, 1.165) is 67.7 Å². The number of hydrogen-bond donors (Lipinski definition) is 1. The van der Waals surface area contributed by atoms with Crippen LogP contribution in [-0.2, 0) is 6.54 Å². The number of aliphatic hydroxyl groups is 1. The molecule has 4 aliphatic carbocycles. The summed E-state index contributed by atoms with van der Waals surface area (Å²) in [5.74, 6) is 5.73. The molecular weight excluding hydrogens is 394 g/mol. The van der Waals surface area contributed by atoms with Crippen LogP contribution in [0.2, 0.25) is 0 Å². The van der Waals surface area contributed by atoms with Crippen LogP contribution < -0.4 is 0 Å². The van der Waals surface area contributed by atoms with E-state index in [-0.39, 0.29) is 5.60 Å². The van der Waals surface area contributed by atoms with Gasteiger partial charge >= 0.3 is 0 Å². The molecule has 2 unspecified atom stereocenters. The average Bonchev–Trinajstić information content (AvgIpc) is 3.36. The third-order valence-electron chi connectivity index (χ3n) is 10.8. The van der Waals surface area contributed by atoms with Gasteiger partial charge in [-0.25, -0.2) is 0 Å². The Labute approximate surface area is 194 Å². The lowest BCUT2D eigenvalue weighted by Crippen LogP contribution is -2.51. The van der Waals surface area contributed by atoms with Gasteiger partial charge in [-0.15, -0.1) is 0 Å². The highest BCUT2D eigenvalue weighted by atomic mass is 16.3. The Bertz CT molecular complexity index is 857. The maximum Gasteiger partial charge on any atom is 0.102 e. The van der Waals surface area contributed by atoms with Gasteiger partial charge in [-0.1, -0.05) is 27.2 Å². The third-order valence-corrected chi connectivity index (χ3v) is 10.8. The molecule has 176 valence electrons. The molecule has 0 aromatic carbocycles. The molecule has 1 aromatic heterocycles. The van der Waals surface area contributed by atoms with Crippen molar-refractivity contribution in [2.75, 3.05) is 0 Å². The Morgan fingerprint density at radius 1 is 1.16 bits per heavy atom. The topological polar surface area (TPSA) is 61.8 Å². The van der Waals surface area contributed by atoms with Crippen LogP contribution in [0.1, 0.15) is 97.0 Å². The molecule has 0 spiro atoms. The Balaban J connectivity index is 1.27. The first-order valence-corrected chi connectivity index (χ1v) is 13.5. The zero-order chi connectivity index (χ0) is 22.5. The average molecular weight is 438 g/mol. The molecule has 32 heavy (non-hydrogen) atoms. The molecule has 0 amide bonds. The lowest BCUT2D eigenvalue weighted by molar-refractivity contribution is -0.110. The predicted molar refractivity (Wildman–Crippen MR) is 127 cm³/mol. The Morgan fingerprint density at radius 3 is 2.72 bits per heavy atom. The standard InChI is InChI=1S/C28H43N3O/c1-4-11-28(32)13-10-22-21(14-28)5-6-24-23(22)9-12-27(3)25(7-8-26(24)27)19(2)17-31-18-20(15-29)16-30-31/h16,18-19,21-26,32H,4-14,17H2,1-3H3/t19?,21-,22-,23+,24+,25?,26-,27+,28+/m0/s1. The van der Waals surface area contributed by atoms with Crippen molar-refractivity contribution in [2.45, 2.75) is 104 Å². The smallest absolute Gasteiger partial charge is 0.102 e. The van der Waals surface area contributed by atoms with Crippen molar-refractivity contribution < 1.29 is 5.11 Å². The second-order valence-corrected chi connectivity index (χ2v) is 12.4. The Kier molecular flexibility index (Phi) is 5.94. The maximum atomic E-state index is 11.1. The highest BCUT2D eigenvalue weighted by Gasteiger charge is 2.58. The van der Waals surface area contributed by atoms with Crippen LogP contribution in [0.4, 0.5) is 0 Å². The van der Waals surface area contributed by atoms with Gasteiger partial charge in [0.05, 0.1) is 17.4 Å². The monoisotopic (exact) mass is 437 g/mol. The highest BCUT2D eigenvalue weighted by molar-refractivity contribution is 5.21. The van der Waals surface area contributed by atoms with Crippen molar-refractivity contribution in [3.05, 3.63) is 18.0 Å². The van der Waals surface area contributed by atoms with Gasteiger partial charge in [0.25, 0.3) is 0 Å². The van der Waals surface area contributed by atoms with E-state index in [0.29, 0.717) is 16.9 Å². The quantitative estimate of drug-likeness (QED) is 0.597. The lowest BCUT2D eigenvalue weighted by atomic mass is 9.48. The van der Waals surface area contributed by atoms with Crippen molar-refractivity contribution in [3.63, 3.8) is 0 Å². The predicted octanol–water partition coefficient (Wildman–Crippen LogP) is 6.19. The number of hydrogen-bond acceptors (Lipinski definition) is 3. The number of fused-ring (bicyclic) bond motifs is 5. The van der Waals surface area contributed by atoms with Crippen LogP contribution in [0.3, 0.4) is 0 Å². The van der Waals surface area contributed by atoms with E-state index in [9.17, 15) is 5.11 Å². The van der Waals surface area contributed by atoms with E-state index in [1.165, 1.54) is 44.9 Å². The summed E-state index contributed by atoms with van der Waals surface area (Å²) in [6, 6.07) is 2.21. The van der Waals surface area contributed by atoms with Crippen LogP contribution in [0.5, 0.6) is 0 Å². The van der Waals surface area contributed by atoms with Crippen molar-refractivity contribution in [3.8, 4) is 6.07 Å². The van der Waals surface area contributed by atoms with E-state index >= 15 is 0 Å². The zero-order valence-electron chi connectivity index (χ0n) is 20.5. The van der Waals surface area contributed by atoms with E-state index in [1.807, 2.05) is 10.9 Å². The first-order chi connectivity index (χ1) is 15.4. The highest BCUT2D eigenvalue weighted by Crippen LogP contribution is 2.65. The first kappa shape index (κ1) is 22.5. The van der Waals surface area contributed by atoms with Crippen molar-refractivity contribution in [2.24, 2.45) is 46.8 Å². The van der Waals surface area contributed by atoms with Crippen molar-refractivity contribution >= 4 is 0 Å². The summed E-state index contributed by atoms with van der Waals surface area (Å²) in [4.78, 5) is 0. The van der Waals surface area contributed by atoms with E-state index in [1.54, 1.807) is 6.20 Å². The number of rotatable bonds is 5. The van der Waals surface area contributed by atoms with Crippen LogP contribution in [0.15, 0.2) is 12.4 Å². The molecule has 4 saturated carbocycles. The summed E-state index contributed by atoms with van der Waals surface area (Å²) >= 11 is 0. The molecule has 1 N–H and O–H groups in total. The van der Waals surface area contributed by atoms with Gasteiger partial charge in [0, 0.05) is 12.7 Å². The van der Waals surface area contributed by atoms with Crippen LogP contribution in [0.25, 0.3) is 0 Å². The minimum absolute atomic E-state index is 0.363. The minimum atomic E-state index is -0.363. The minimum Gasteiger partial charge on any atom is -0.390 e. The molecule has 0 saturated heterocycles. The van der Waals surface area contributed by atoms with Crippen molar-refractivity contribution in [1.29, 1.82) is 5.26 Å². The van der Waals surface area contributed by atoms with Crippen LogP contribution in [-0.4, -0.2) is 20.5 Å². The summed E-state index contributed by atoms with van der Waals surface area (Å²) in [6.07, 6.45) is 17.4. The third kappa shape index (κ3) is 3.73. The van der Waals surface area contributed by atoms with E-state index < -0.39 is 0 Å². The molecule has 0 aliphatic heterocycles. The molecule has 1 aromatic rings. The van der Waals surface area contributed by atoms with E-state index in [2.05, 4.69) is 31.9 Å². The summed E-state index contributed by atoms with van der Waals surface area (Å²) in [5.41, 5.74) is 0.775. The largest absolute Gasteiger partial charge is 0.390 e. The normalized spacial score (nSPS) is 44.2. The number of nitrogens with zero attached hydrogens (tertiary/aromatic N) is 3. The lowest BCUT2D eigenvalue weighted by Gasteiger charge is -2.57.